The van der Waals surface area contributed by atoms with E-state index in [4.69, 9.17) is 9.05 Å². The van der Waals surface area contributed by atoms with E-state index in [0.29, 0.717) is 23.9 Å². The molecular weight excluding hydrogens is 671 g/mol. The summed E-state index contributed by atoms with van der Waals surface area (Å²) < 4.78 is 83.9. The van der Waals surface area contributed by atoms with Crippen LogP contribution in [0.1, 0.15) is 43.4 Å². The van der Waals surface area contributed by atoms with E-state index in [1.54, 1.807) is 18.2 Å². The first kappa shape index (κ1) is 38.1. The number of aryl methyl sites for hydroxylation is 1. The van der Waals surface area contributed by atoms with Gasteiger partial charge in [0.1, 0.15) is 6.04 Å². The molecule has 2 N–H and O–H groups in total. The number of unbranched alkanes of at least 4 members (excludes halogenated alkanes) is 1. The van der Waals surface area contributed by atoms with Crippen LogP contribution in [0.5, 0.6) is 0 Å². The van der Waals surface area contributed by atoms with Crippen molar-refractivity contribution >= 4 is 40.0 Å². The average molecular weight is 716 g/mol. The number of nitrogens with zero attached hydrogens (tertiary/aromatic N) is 1. The third kappa shape index (κ3) is 9.32. The minimum absolute atomic E-state index is 0.00644. The molecule has 0 aliphatic heterocycles. The zero-order valence-electron chi connectivity index (χ0n) is 28.2. The molecule has 4 rings (SSSR count). The number of fused-ring (bicyclic) bond motifs is 1. The summed E-state index contributed by atoms with van der Waals surface area (Å²) in [7, 11) is -5.35. The van der Waals surface area contributed by atoms with Crippen LogP contribution in [0.15, 0.2) is 95.9 Å². The normalized spacial score (nSPS) is 12.9. The van der Waals surface area contributed by atoms with Gasteiger partial charge in [-0.1, -0.05) is 78.9 Å². The minimum Gasteiger partial charge on any atom is -0.377 e. The van der Waals surface area contributed by atoms with Crippen LogP contribution in [-0.2, 0) is 46.9 Å². The Hall–Kier alpha value is -3.67. The highest BCUT2D eigenvalue weighted by atomic mass is 32.2. The van der Waals surface area contributed by atoms with Crippen LogP contribution in [0, 0.1) is 0 Å². The molecule has 0 aliphatic rings. The number of rotatable bonds is 18. The average Bonchev–Trinajstić information content (AvgIpc) is 3.08. The van der Waals surface area contributed by atoms with Crippen molar-refractivity contribution in [2.75, 3.05) is 38.8 Å². The highest BCUT2D eigenvalue weighted by molar-refractivity contribution is 7.89. The predicted octanol–water partition coefficient (Wildman–Crippen LogP) is 7.25. The van der Waals surface area contributed by atoms with Gasteiger partial charge in [-0.25, -0.2) is 8.42 Å². The fourth-order valence-electron chi connectivity index (χ4n) is 5.54. The molecule has 0 fully saturated rings. The van der Waals surface area contributed by atoms with Crippen molar-refractivity contribution in [3.8, 4) is 0 Å². The number of alkyl halides is 2. The smallest absolute Gasteiger partial charge is 0.377 e. The standard InChI is InChI=1S/C36H44F2N3O6PS/c1-5-46-48(43,47-6-2)36(37,38)29-23-21-28(22-24-29)26-32(35(42)39-25-11-10-16-27-14-8-7-9-15-27)40-49(44,45)34-20-13-17-30-31(34)18-12-19-33(30)41(3)4/h7-9,12-15,17-24,32,40H,5-6,10-11,16,25-26H2,1-4H3,(H,39,42). The van der Waals surface area contributed by atoms with Gasteiger partial charge in [-0.2, -0.15) is 13.5 Å². The Morgan fingerprint density at radius 2 is 1.47 bits per heavy atom. The maximum Gasteiger partial charge on any atom is 0.404 e. The zero-order valence-corrected chi connectivity index (χ0v) is 29.9. The van der Waals surface area contributed by atoms with Crippen LogP contribution in [0.4, 0.5) is 14.5 Å². The van der Waals surface area contributed by atoms with Crippen molar-refractivity contribution in [3.63, 3.8) is 0 Å². The molecule has 4 aromatic carbocycles. The minimum atomic E-state index is -4.83. The summed E-state index contributed by atoms with van der Waals surface area (Å²) >= 11 is 0. The fourth-order valence-corrected chi connectivity index (χ4v) is 8.50. The van der Waals surface area contributed by atoms with Crippen molar-refractivity contribution in [2.45, 2.75) is 56.1 Å². The predicted molar refractivity (Wildman–Crippen MR) is 190 cm³/mol. The lowest BCUT2D eigenvalue weighted by Gasteiger charge is -2.26. The maximum atomic E-state index is 15.4. The van der Waals surface area contributed by atoms with Crippen LogP contribution >= 0.6 is 7.60 Å². The summed E-state index contributed by atoms with van der Waals surface area (Å²) in [5, 5.41) is 4.06. The molecule has 0 bridgehead atoms. The van der Waals surface area contributed by atoms with Crippen LogP contribution in [0.3, 0.4) is 0 Å². The molecule has 264 valence electrons. The molecule has 13 heteroatoms. The van der Waals surface area contributed by atoms with E-state index in [1.165, 1.54) is 37.6 Å². The molecule has 0 aromatic heterocycles. The summed E-state index contributed by atoms with van der Waals surface area (Å²) in [6.07, 6.45) is 2.18. The quantitative estimate of drug-likeness (QED) is 0.0825. The third-order valence-corrected chi connectivity index (χ3v) is 11.6. The van der Waals surface area contributed by atoms with E-state index in [2.05, 4.69) is 10.0 Å². The number of anilines is 1. The van der Waals surface area contributed by atoms with Gasteiger partial charge in [0.2, 0.25) is 15.9 Å². The van der Waals surface area contributed by atoms with Crippen LogP contribution in [0.25, 0.3) is 10.8 Å². The van der Waals surface area contributed by atoms with Gasteiger partial charge in [-0.05, 0) is 62.8 Å². The number of halogens is 2. The number of nitrogens with one attached hydrogen (secondary N) is 2. The number of hydrogen-bond acceptors (Lipinski definition) is 7. The maximum absolute atomic E-state index is 15.4. The summed E-state index contributed by atoms with van der Waals surface area (Å²) in [5.74, 6) is -0.552. The first-order valence-electron chi connectivity index (χ1n) is 16.2. The second kappa shape index (κ2) is 16.8. The van der Waals surface area contributed by atoms with Gasteiger partial charge >= 0.3 is 13.3 Å². The van der Waals surface area contributed by atoms with Gasteiger partial charge in [0.25, 0.3) is 0 Å². The van der Waals surface area contributed by atoms with Gasteiger partial charge in [0.05, 0.1) is 18.1 Å². The Kier molecular flexibility index (Phi) is 13.1. The van der Waals surface area contributed by atoms with E-state index in [0.717, 1.165) is 36.0 Å². The fraction of sp³-hybridized carbons (Fsp3) is 0.361. The van der Waals surface area contributed by atoms with Gasteiger partial charge in [0, 0.05) is 42.7 Å². The van der Waals surface area contributed by atoms with E-state index >= 15 is 8.78 Å². The summed E-state index contributed by atoms with van der Waals surface area (Å²) in [4.78, 5) is 15.5. The second-order valence-corrected chi connectivity index (χ2v) is 15.5. The van der Waals surface area contributed by atoms with Crippen molar-refractivity contribution in [3.05, 3.63) is 108 Å². The van der Waals surface area contributed by atoms with Gasteiger partial charge in [-0.15, -0.1) is 0 Å². The number of carbonyl (C=O) groups excluding carboxylic acids is 1. The van der Waals surface area contributed by atoms with Gasteiger partial charge < -0.3 is 19.3 Å². The van der Waals surface area contributed by atoms with Gasteiger partial charge in [-0.3, -0.25) is 9.36 Å². The topological polar surface area (TPSA) is 114 Å². The van der Waals surface area contributed by atoms with Crippen LogP contribution in [-0.4, -0.2) is 54.2 Å². The molecule has 4 aromatic rings. The molecule has 0 radical (unpaired) electrons. The van der Waals surface area contributed by atoms with Crippen molar-refractivity contribution in [1.29, 1.82) is 0 Å². The van der Waals surface area contributed by atoms with E-state index in [-0.39, 0.29) is 24.5 Å². The molecule has 0 aliphatic carbocycles. The van der Waals surface area contributed by atoms with Crippen molar-refractivity contribution in [2.24, 2.45) is 0 Å². The molecular formula is C36H44F2N3O6PS. The largest absolute Gasteiger partial charge is 0.404 e. The SMILES string of the molecule is CCOP(=O)(OCC)C(F)(F)c1ccc(CC(NS(=O)(=O)c2cccc3c(N(C)C)cccc23)C(=O)NCCCCc2ccccc2)cc1. The van der Waals surface area contributed by atoms with E-state index in [1.807, 2.05) is 61.5 Å². The Morgan fingerprint density at radius 1 is 0.837 bits per heavy atom. The molecule has 0 saturated heterocycles. The molecule has 0 spiro atoms. The molecule has 0 saturated carbocycles. The third-order valence-electron chi connectivity index (χ3n) is 7.96. The summed E-state index contributed by atoms with van der Waals surface area (Å²) in [6, 6.07) is 23.9. The molecule has 1 amide bonds. The lowest BCUT2D eigenvalue weighted by atomic mass is 10.0. The van der Waals surface area contributed by atoms with E-state index < -0.39 is 40.8 Å². The Morgan fingerprint density at radius 3 is 2.10 bits per heavy atom. The lowest BCUT2D eigenvalue weighted by molar-refractivity contribution is -0.122. The Labute approximate surface area is 287 Å². The van der Waals surface area contributed by atoms with Crippen molar-refractivity contribution in [1.82, 2.24) is 10.0 Å². The van der Waals surface area contributed by atoms with Crippen LogP contribution < -0.4 is 14.9 Å². The first-order valence-corrected chi connectivity index (χ1v) is 19.2. The summed E-state index contributed by atoms with van der Waals surface area (Å²) in [6.45, 7) is 2.74. The Balaban J connectivity index is 1.58. The number of carbonyl (C=O) groups is 1. The molecule has 1 atom stereocenters. The molecule has 49 heavy (non-hydrogen) atoms. The number of amides is 1. The summed E-state index contributed by atoms with van der Waals surface area (Å²) in [5.41, 5.74) is -2.11. The molecule has 9 nitrogen and oxygen atoms in total. The Bertz CT molecular complexity index is 1850. The molecule has 0 heterocycles. The number of hydrogen-bond donors (Lipinski definition) is 2. The number of benzene rings is 4. The second-order valence-electron chi connectivity index (χ2n) is 11.7. The van der Waals surface area contributed by atoms with Gasteiger partial charge in [0.15, 0.2) is 0 Å². The van der Waals surface area contributed by atoms with E-state index in [9.17, 15) is 17.8 Å². The number of sulfonamides is 1. The van der Waals surface area contributed by atoms with Crippen LogP contribution in [0.2, 0.25) is 0 Å². The monoisotopic (exact) mass is 715 g/mol. The lowest BCUT2D eigenvalue weighted by Crippen LogP contribution is -2.48. The zero-order chi connectivity index (χ0) is 35.7. The molecule has 1 unspecified atom stereocenters. The van der Waals surface area contributed by atoms with Crippen molar-refractivity contribution < 1.29 is 35.6 Å². The highest BCUT2D eigenvalue weighted by Gasteiger charge is 2.54. The highest BCUT2D eigenvalue weighted by Crippen LogP contribution is 2.66. The first-order chi connectivity index (χ1) is 23.3.